The Morgan fingerprint density at radius 2 is 1.48 bits per heavy atom. The van der Waals surface area contributed by atoms with Crippen LogP contribution in [0.5, 0.6) is 0 Å². The molecule has 0 radical (unpaired) electrons. The molecular formula is C27H33NO14S2. The minimum Gasteiger partial charge on any atom is -0.487 e. The van der Waals surface area contributed by atoms with Gasteiger partial charge in [-0.2, -0.15) is 0 Å². The molecule has 0 bridgehead atoms. The third-order valence-corrected chi connectivity index (χ3v) is 8.10. The number of hydrogen-bond acceptors (Lipinski definition) is 17. The fourth-order valence-electron chi connectivity index (χ4n) is 4.28. The molecule has 1 aromatic rings. The maximum absolute atomic E-state index is 12.2. The summed E-state index contributed by atoms with van der Waals surface area (Å²) in [5.74, 6) is -3.85. The Labute approximate surface area is 260 Å². The third-order valence-electron chi connectivity index (χ3n) is 5.84. The summed E-state index contributed by atoms with van der Waals surface area (Å²) in [6, 6.07) is 0. The maximum Gasteiger partial charge on any atom is 0.357 e. The summed E-state index contributed by atoms with van der Waals surface area (Å²) in [6.07, 6.45) is -4.43. The van der Waals surface area contributed by atoms with Gasteiger partial charge in [0.05, 0.1) is 11.9 Å². The number of carbonyl (C=O) groups is 6. The number of nitrogens with zero attached hydrogens (tertiary/aromatic N) is 1. The summed E-state index contributed by atoms with van der Waals surface area (Å²) in [4.78, 5) is 76.4. The van der Waals surface area contributed by atoms with Gasteiger partial charge in [0.15, 0.2) is 40.9 Å². The van der Waals surface area contributed by atoms with E-state index in [1.807, 2.05) is 0 Å². The molecule has 0 aromatic carbocycles. The summed E-state index contributed by atoms with van der Waals surface area (Å²) >= 11 is 2.16. The van der Waals surface area contributed by atoms with Crippen LogP contribution in [0.2, 0.25) is 0 Å². The largest absolute Gasteiger partial charge is 0.487 e. The highest BCUT2D eigenvalue weighted by atomic mass is 32.2. The normalized spacial score (nSPS) is 26.2. The molecule has 15 nitrogen and oxygen atoms in total. The minimum absolute atomic E-state index is 0.0854. The summed E-state index contributed by atoms with van der Waals surface area (Å²) in [5, 5.41) is 1.14. The molecule has 242 valence electrons. The maximum atomic E-state index is 12.2. The first kappa shape index (κ1) is 34.8. The molecule has 2 aliphatic rings. The molecule has 3 rings (SSSR count). The van der Waals surface area contributed by atoms with Crippen LogP contribution in [-0.4, -0.2) is 102 Å². The van der Waals surface area contributed by atoms with Gasteiger partial charge in [0.1, 0.15) is 24.8 Å². The topological polar surface area (TPSA) is 189 Å². The van der Waals surface area contributed by atoms with Gasteiger partial charge in [-0.3, -0.25) is 24.0 Å². The van der Waals surface area contributed by atoms with Crippen molar-refractivity contribution in [2.24, 2.45) is 0 Å². The van der Waals surface area contributed by atoms with Crippen molar-refractivity contribution in [1.29, 1.82) is 0 Å². The van der Waals surface area contributed by atoms with Gasteiger partial charge < -0.3 is 37.9 Å². The number of ether oxygens (including phenoxy) is 8. The van der Waals surface area contributed by atoms with Gasteiger partial charge in [-0.25, -0.2) is 9.78 Å². The van der Waals surface area contributed by atoms with E-state index in [1.165, 1.54) is 19.2 Å². The average molecular weight is 660 g/mol. The Bertz CT molecular complexity index is 1280. The van der Waals surface area contributed by atoms with Crippen molar-refractivity contribution in [3.8, 4) is 0 Å². The molecule has 7 atom stereocenters. The molecule has 0 amide bonds. The number of thioether (sulfide) groups is 1. The van der Waals surface area contributed by atoms with Crippen LogP contribution >= 0.6 is 23.1 Å². The SMILES string of the molecule is CCOC(=O)c1csc(C2=C[C@@H](S[C@@H]3O[C@H](COC(C)=O)[C@@H](OC(C)=O)[C@H](OC(C)=O)[C@H]3OC(C)=O)[C@H](OC(C)=O)CO2)n1. The lowest BCUT2D eigenvalue weighted by Gasteiger charge is -2.45. The number of carbonyl (C=O) groups excluding carboxylic acids is 6. The standard InChI is InChI=1S/C27H33NO14S2/c1-7-35-26(34)17-11-43-25(28-17)18-8-21(19(9-37-18)38-13(3)30)44-27-24(41-16(6)33)23(40-15(5)32)22(39-14(4)31)20(42-27)10-36-12(2)29/h8,11,19-24,27H,7,9-10H2,1-6H3/t19-,20-,21-,22-,23+,24-,27+/m1/s1. The van der Waals surface area contributed by atoms with Crippen molar-refractivity contribution in [2.75, 3.05) is 19.8 Å². The summed E-state index contributed by atoms with van der Waals surface area (Å²) in [5.41, 5.74) is -1.05. The molecule has 44 heavy (non-hydrogen) atoms. The molecular weight excluding hydrogens is 626 g/mol. The van der Waals surface area contributed by atoms with E-state index >= 15 is 0 Å². The van der Waals surface area contributed by atoms with E-state index in [9.17, 15) is 28.8 Å². The number of esters is 6. The fraction of sp³-hybridized carbons (Fsp3) is 0.593. The van der Waals surface area contributed by atoms with E-state index in [-0.39, 0.29) is 24.7 Å². The number of thiazole rings is 1. The predicted octanol–water partition coefficient (Wildman–Crippen LogP) is 1.81. The van der Waals surface area contributed by atoms with E-state index in [4.69, 9.17) is 37.9 Å². The Balaban J connectivity index is 2.02. The molecule has 0 N–H and O–H groups in total. The second-order valence-electron chi connectivity index (χ2n) is 9.42. The van der Waals surface area contributed by atoms with E-state index < -0.39 is 83.6 Å². The van der Waals surface area contributed by atoms with Crippen LogP contribution in [0.4, 0.5) is 0 Å². The van der Waals surface area contributed by atoms with Gasteiger partial charge in [0.25, 0.3) is 0 Å². The molecule has 1 fully saturated rings. The highest BCUT2D eigenvalue weighted by Gasteiger charge is 2.53. The number of aromatic nitrogens is 1. The number of rotatable bonds is 11. The molecule has 17 heteroatoms. The van der Waals surface area contributed by atoms with Gasteiger partial charge >= 0.3 is 35.8 Å². The van der Waals surface area contributed by atoms with E-state index in [0.29, 0.717) is 5.01 Å². The Hall–Kier alpha value is -3.70. The Morgan fingerprint density at radius 3 is 2.07 bits per heavy atom. The van der Waals surface area contributed by atoms with E-state index in [2.05, 4.69) is 4.98 Å². The monoisotopic (exact) mass is 659 g/mol. The van der Waals surface area contributed by atoms with E-state index in [0.717, 1.165) is 43.9 Å². The van der Waals surface area contributed by atoms with Gasteiger partial charge in [-0.15, -0.1) is 23.1 Å². The van der Waals surface area contributed by atoms with Crippen molar-refractivity contribution in [2.45, 2.75) is 82.7 Å². The summed E-state index contributed by atoms with van der Waals surface area (Å²) < 4.78 is 44.1. The summed E-state index contributed by atoms with van der Waals surface area (Å²) in [7, 11) is 0. The number of hydrogen-bond donors (Lipinski definition) is 0. The molecule has 1 aromatic heterocycles. The van der Waals surface area contributed by atoms with Crippen LogP contribution in [0.3, 0.4) is 0 Å². The van der Waals surface area contributed by atoms with Crippen molar-refractivity contribution in [3.63, 3.8) is 0 Å². The first-order chi connectivity index (χ1) is 20.8. The zero-order chi connectivity index (χ0) is 32.6. The minimum atomic E-state index is -1.37. The zero-order valence-corrected chi connectivity index (χ0v) is 26.4. The van der Waals surface area contributed by atoms with Gasteiger partial charge in [0, 0.05) is 40.0 Å². The van der Waals surface area contributed by atoms with Crippen molar-refractivity contribution < 1.29 is 66.7 Å². The zero-order valence-electron chi connectivity index (χ0n) is 24.8. The Morgan fingerprint density at radius 1 is 0.864 bits per heavy atom. The van der Waals surface area contributed by atoms with Crippen molar-refractivity contribution >= 4 is 64.7 Å². The van der Waals surface area contributed by atoms with Crippen LogP contribution in [-0.2, 0) is 61.9 Å². The van der Waals surface area contributed by atoms with Crippen LogP contribution in [0, 0.1) is 0 Å². The molecule has 3 heterocycles. The van der Waals surface area contributed by atoms with Crippen LogP contribution in [0.25, 0.3) is 5.76 Å². The first-order valence-corrected chi connectivity index (χ1v) is 15.2. The molecule has 0 unspecified atom stereocenters. The van der Waals surface area contributed by atoms with Gasteiger partial charge in [0.2, 0.25) is 0 Å². The fourth-order valence-corrected chi connectivity index (χ4v) is 6.44. The molecule has 0 saturated carbocycles. The van der Waals surface area contributed by atoms with Crippen LogP contribution in [0.15, 0.2) is 11.5 Å². The third kappa shape index (κ3) is 9.65. The smallest absolute Gasteiger partial charge is 0.357 e. The highest BCUT2D eigenvalue weighted by molar-refractivity contribution is 8.00. The lowest BCUT2D eigenvalue weighted by atomic mass is 9.99. The lowest BCUT2D eigenvalue weighted by molar-refractivity contribution is -0.237. The predicted molar refractivity (Wildman–Crippen MR) is 151 cm³/mol. The van der Waals surface area contributed by atoms with Crippen molar-refractivity contribution in [3.05, 3.63) is 22.2 Å². The Kier molecular flexibility index (Phi) is 12.5. The van der Waals surface area contributed by atoms with Gasteiger partial charge in [-0.05, 0) is 13.0 Å². The van der Waals surface area contributed by atoms with Gasteiger partial charge in [-0.1, -0.05) is 0 Å². The average Bonchev–Trinajstić information content (AvgIpc) is 3.41. The molecule has 0 spiro atoms. The lowest BCUT2D eigenvalue weighted by Crippen LogP contribution is -2.62. The quantitative estimate of drug-likeness (QED) is 0.247. The second kappa shape index (κ2) is 15.9. The molecule has 2 aliphatic heterocycles. The highest BCUT2D eigenvalue weighted by Crippen LogP contribution is 2.40. The van der Waals surface area contributed by atoms with E-state index in [1.54, 1.807) is 13.0 Å². The van der Waals surface area contributed by atoms with Crippen LogP contribution < -0.4 is 0 Å². The molecule has 0 aliphatic carbocycles. The second-order valence-corrected chi connectivity index (χ2v) is 11.6. The first-order valence-electron chi connectivity index (χ1n) is 13.4. The van der Waals surface area contributed by atoms with Crippen LogP contribution in [0.1, 0.15) is 57.0 Å². The summed E-state index contributed by atoms with van der Waals surface area (Å²) in [6.45, 7) is 7.11. The molecule has 1 saturated heterocycles. The van der Waals surface area contributed by atoms with Crippen molar-refractivity contribution in [1.82, 2.24) is 4.98 Å².